The van der Waals surface area contributed by atoms with Crippen LogP contribution in [0.4, 0.5) is 0 Å². The Balaban J connectivity index is 2.28. The van der Waals surface area contributed by atoms with Gasteiger partial charge in [0.15, 0.2) is 11.5 Å². The van der Waals surface area contributed by atoms with Crippen LogP contribution in [0.15, 0.2) is 24.3 Å². The van der Waals surface area contributed by atoms with Crippen LogP contribution < -0.4 is 14.2 Å². The Bertz CT molecular complexity index is 475. The van der Waals surface area contributed by atoms with Crippen LogP contribution >= 0.6 is 0 Å². The van der Waals surface area contributed by atoms with E-state index in [-0.39, 0.29) is 6.61 Å². The number of methoxy groups -OCH3 is 1. The molecule has 0 atom stereocenters. The molecule has 0 unspecified atom stereocenters. The molecule has 0 aromatic heterocycles. The largest absolute Gasteiger partial charge is 0.493 e. The lowest BCUT2D eigenvalue weighted by molar-refractivity contribution is 0.241. The Kier molecular flexibility index (Phi) is 6.61. The first-order chi connectivity index (χ1) is 9.09. The Morgan fingerprint density at radius 2 is 1.84 bits per heavy atom. The summed E-state index contributed by atoms with van der Waals surface area (Å²) in [5.41, 5.74) is 0. The van der Waals surface area contributed by atoms with Crippen molar-refractivity contribution >= 4 is 10.3 Å². The van der Waals surface area contributed by atoms with E-state index in [0.29, 0.717) is 31.1 Å². The van der Waals surface area contributed by atoms with E-state index in [2.05, 4.69) is 4.72 Å². The highest BCUT2D eigenvalue weighted by Gasteiger charge is 2.08. The van der Waals surface area contributed by atoms with Crippen molar-refractivity contribution in [2.24, 2.45) is 0 Å². The Labute approximate surface area is 113 Å². The van der Waals surface area contributed by atoms with Gasteiger partial charge in [0, 0.05) is 13.0 Å². The second-order valence-electron chi connectivity index (χ2n) is 3.63. The molecular weight excluding hydrogens is 270 g/mol. The van der Waals surface area contributed by atoms with Gasteiger partial charge in [-0.05, 0) is 12.1 Å². The molecule has 1 aromatic carbocycles. The van der Waals surface area contributed by atoms with E-state index in [1.165, 1.54) is 0 Å². The molecule has 0 saturated carbocycles. The van der Waals surface area contributed by atoms with Crippen LogP contribution in [0.5, 0.6) is 11.5 Å². The van der Waals surface area contributed by atoms with Gasteiger partial charge in [-0.2, -0.15) is 13.1 Å². The molecule has 0 aliphatic heterocycles. The standard InChI is InChI=1S/C12H19NO5S/c1-3-13-19(14,15)18-10-6-9-17-12-8-5-4-7-11(12)16-2/h4-5,7-8,13H,3,6,9-10H2,1-2H3. The Hall–Kier alpha value is -1.31. The van der Waals surface area contributed by atoms with Crippen molar-refractivity contribution in [1.29, 1.82) is 0 Å². The summed E-state index contributed by atoms with van der Waals surface area (Å²) in [7, 11) is -2.06. The summed E-state index contributed by atoms with van der Waals surface area (Å²) in [6.07, 6.45) is 0.461. The highest BCUT2D eigenvalue weighted by atomic mass is 32.2. The van der Waals surface area contributed by atoms with Crippen LogP contribution in [0, 0.1) is 0 Å². The Morgan fingerprint density at radius 1 is 1.16 bits per heavy atom. The molecule has 1 rings (SSSR count). The molecule has 0 fully saturated rings. The lowest BCUT2D eigenvalue weighted by atomic mass is 10.3. The summed E-state index contributed by atoms with van der Waals surface area (Å²) in [6.45, 7) is 2.41. The number of hydrogen-bond acceptors (Lipinski definition) is 5. The van der Waals surface area contributed by atoms with Crippen molar-refractivity contribution in [3.63, 3.8) is 0 Å². The molecule has 0 amide bonds. The molecule has 1 aromatic rings. The van der Waals surface area contributed by atoms with Crippen LogP contribution in [0.1, 0.15) is 13.3 Å². The zero-order chi connectivity index (χ0) is 14.1. The number of nitrogens with one attached hydrogen (secondary N) is 1. The van der Waals surface area contributed by atoms with E-state index in [9.17, 15) is 8.42 Å². The van der Waals surface area contributed by atoms with E-state index in [4.69, 9.17) is 13.7 Å². The Morgan fingerprint density at radius 3 is 2.47 bits per heavy atom. The summed E-state index contributed by atoms with van der Waals surface area (Å²) < 4.78 is 39.9. The van der Waals surface area contributed by atoms with E-state index in [0.717, 1.165) is 0 Å². The summed E-state index contributed by atoms with van der Waals surface area (Å²) in [6, 6.07) is 7.26. The summed E-state index contributed by atoms with van der Waals surface area (Å²) in [5.74, 6) is 1.27. The van der Waals surface area contributed by atoms with Crippen molar-refractivity contribution in [2.45, 2.75) is 13.3 Å². The second-order valence-corrected chi connectivity index (χ2v) is 5.06. The number of benzene rings is 1. The van der Waals surface area contributed by atoms with Gasteiger partial charge in [0.2, 0.25) is 0 Å². The molecule has 0 saturated heterocycles. The van der Waals surface area contributed by atoms with Gasteiger partial charge in [0.25, 0.3) is 0 Å². The molecule has 0 radical (unpaired) electrons. The molecule has 7 heteroatoms. The summed E-state index contributed by atoms with van der Waals surface area (Å²) in [4.78, 5) is 0. The highest BCUT2D eigenvalue weighted by molar-refractivity contribution is 7.84. The normalized spacial score (nSPS) is 11.3. The van der Waals surface area contributed by atoms with Gasteiger partial charge in [-0.15, -0.1) is 0 Å². The van der Waals surface area contributed by atoms with Crippen molar-refractivity contribution < 1.29 is 22.1 Å². The quantitative estimate of drug-likeness (QED) is 0.694. The molecule has 0 aliphatic rings. The van der Waals surface area contributed by atoms with Gasteiger partial charge in [0.05, 0.1) is 20.3 Å². The van der Waals surface area contributed by atoms with Gasteiger partial charge in [0.1, 0.15) is 0 Å². The van der Waals surface area contributed by atoms with Crippen molar-refractivity contribution in [3.05, 3.63) is 24.3 Å². The average Bonchev–Trinajstić information content (AvgIpc) is 2.38. The van der Waals surface area contributed by atoms with Gasteiger partial charge in [-0.3, -0.25) is 4.18 Å². The van der Waals surface area contributed by atoms with Gasteiger partial charge < -0.3 is 9.47 Å². The minimum absolute atomic E-state index is 0.0739. The number of ether oxygens (including phenoxy) is 2. The number of para-hydroxylation sites is 2. The van der Waals surface area contributed by atoms with E-state index >= 15 is 0 Å². The number of hydrogen-bond donors (Lipinski definition) is 1. The third kappa shape index (κ3) is 5.91. The molecule has 0 heterocycles. The van der Waals surface area contributed by atoms with Crippen LogP contribution in [-0.4, -0.2) is 35.3 Å². The molecule has 0 spiro atoms. The van der Waals surface area contributed by atoms with Gasteiger partial charge in [-0.1, -0.05) is 19.1 Å². The van der Waals surface area contributed by atoms with Crippen molar-refractivity contribution in [2.75, 3.05) is 26.9 Å². The number of rotatable bonds is 9. The van der Waals surface area contributed by atoms with Crippen LogP contribution in [0.3, 0.4) is 0 Å². The third-order valence-corrected chi connectivity index (χ3v) is 3.29. The first kappa shape index (κ1) is 15.7. The van der Waals surface area contributed by atoms with E-state index in [1.54, 1.807) is 26.2 Å². The fourth-order valence-corrected chi connectivity index (χ4v) is 2.14. The fourth-order valence-electron chi connectivity index (χ4n) is 1.37. The molecule has 19 heavy (non-hydrogen) atoms. The maximum absolute atomic E-state index is 11.2. The zero-order valence-corrected chi connectivity index (χ0v) is 11.9. The maximum atomic E-state index is 11.2. The third-order valence-electron chi connectivity index (χ3n) is 2.17. The molecule has 0 bridgehead atoms. The van der Waals surface area contributed by atoms with Gasteiger partial charge >= 0.3 is 10.3 Å². The van der Waals surface area contributed by atoms with Crippen molar-refractivity contribution in [1.82, 2.24) is 4.72 Å². The van der Waals surface area contributed by atoms with E-state index < -0.39 is 10.3 Å². The molecular formula is C12H19NO5S. The minimum atomic E-state index is -3.62. The monoisotopic (exact) mass is 289 g/mol. The predicted octanol–water partition coefficient (Wildman–Crippen LogP) is 1.33. The minimum Gasteiger partial charge on any atom is -0.493 e. The topological polar surface area (TPSA) is 73.9 Å². The maximum Gasteiger partial charge on any atom is 0.335 e. The molecule has 0 aliphatic carbocycles. The first-order valence-corrected chi connectivity index (χ1v) is 7.39. The van der Waals surface area contributed by atoms with Crippen molar-refractivity contribution in [3.8, 4) is 11.5 Å². The second kappa shape index (κ2) is 7.98. The van der Waals surface area contributed by atoms with Crippen LogP contribution in [0.2, 0.25) is 0 Å². The highest BCUT2D eigenvalue weighted by Crippen LogP contribution is 2.25. The van der Waals surface area contributed by atoms with E-state index in [1.807, 2.05) is 12.1 Å². The van der Waals surface area contributed by atoms with Crippen LogP contribution in [0.25, 0.3) is 0 Å². The molecule has 6 nitrogen and oxygen atoms in total. The SMILES string of the molecule is CCNS(=O)(=O)OCCCOc1ccccc1OC. The summed E-state index contributed by atoms with van der Waals surface area (Å²) in [5, 5.41) is 0. The smallest absolute Gasteiger partial charge is 0.335 e. The summed E-state index contributed by atoms with van der Waals surface area (Å²) >= 11 is 0. The van der Waals surface area contributed by atoms with Crippen LogP contribution in [-0.2, 0) is 14.5 Å². The average molecular weight is 289 g/mol. The zero-order valence-electron chi connectivity index (χ0n) is 11.1. The first-order valence-electron chi connectivity index (χ1n) is 5.99. The predicted molar refractivity (Wildman–Crippen MR) is 71.7 cm³/mol. The van der Waals surface area contributed by atoms with Gasteiger partial charge in [-0.25, -0.2) is 0 Å². The molecule has 1 N–H and O–H groups in total. The lowest BCUT2D eigenvalue weighted by Gasteiger charge is -2.10. The molecule has 108 valence electrons. The fraction of sp³-hybridized carbons (Fsp3) is 0.500. The lowest BCUT2D eigenvalue weighted by Crippen LogP contribution is -2.26.